The Morgan fingerprint density at radius 3 is 2.54 bits per heavy atom. The quantitative estimate of drug-likeness (QED) is 0.781. The number of likely N-dealkylation sites (tertiary alicyclic amines) is 1. The second-order valence-corrected chi connectivity index (χ2v) is 8.76. The number of nitrogens with zero attached hydrogens (tertiary/aromatic N) is 1. The lowest BCUT2D eigenvalue weighted by Crippen LogP contribution is -2.33. The Bertz CT molecular complexity index is 811. The number of anilines is 1. The number of nitrogens with two attached hydrogens (primary N) is 1. The van der Waals surface area contributed by atoms with Crippen molar-refractivity contribution in [1.82, 2.24) is 4.90 Å². The fraction of sp³-hybridized carbons (Fsp3) is 0.588. The van der Waals surface area contributed by atoms with Crippen LogP contribution in [0.3, 0.4) is 0 Å². The van der Waals surface area contributed by atoms with E-state index in [1.54, 1.807) is 11.0 Å². The highest BCUT2D eigenvalue weighted by atomic mass is 32.2. The Hall–Kier alpha value is -2.00. The summed E-state index contributed by atoms with van der Waals surface area (Å²) in [6.07, 6.45) is 3.09. The maximum atomic E-state index is 13.0. The lowest BCUT2D eigenvalue weighted by Gasteiger charge is -2.21. The van der Waals surface area contributed by atoms with E-state index in [2.05, 4.69) is 4.72 Å². The molecule has 1 saturated heterocycles. The summed E-state index contributed by atoms with van der Waals surface area (Å²) in [6, 6.07) is 3.20. The van der Waals surface area contributed by atoms with Crippen LogP contribution < -0.4 is 19.9 Å². The largest absolute Gasteiger partial charge is 0.493 e. The van der Waals surface area contributed by atoms with Crippen LogP contribution in [0.1, 0.15) is 23.2 Å². The van der Waals surface area contributed by atoms with Crippen molar-refractivity contribution >= 4 is 21.6 Å². The van der Waals surface area contributed by atoms with Gasteiger partial charge in [0.05, 0.1) is 26.2 Å². The number of ether oxygens (including phenoxy) is 2. The predicted molar refractivity (Wildman–Crippen MR) is 98.1 cm³/mol. The molecule has 0 radical (unpaired) electrons. The highest BCUT2D eigenvalue weighted by molar-refractivity contribution is 7.92. The Morgan fingerprint density at radius 2 is 1.96 bits per heavy atom. The molecule has 3 atom stereocenters. The molecule has 8 nitrogen and oxygen atoms in total. The molecule has 1 aromatic carbocycles. The van der Waals surface area contributed by atoms with E-state index in [1.807, 2.05) is 0 Å². The normalized spacial score (nSPS) is 25.1. The molecule has 0 aromatic heterocycles. The van der Waals surface area contributed by atoms with Gasteiger partial charge in [0.15, 0.2) is 11.5 Å². The molecule has 2 aliphatic rings. The van der Waals surface area contributed by atoms with E-state index in [-0.39, 0.29) is 23.4 Å². The smallest absolute Gasteiger partial charge is 0.254 e. The van der Waals surface area contributed by atoms with E-state index in [0.29, 0.717) is 36.2 Å². The van der Waals surface area contributed by atoms with Crippen LogP contribution in [0.2, 0.25) is 0 Å². The average molecular weight is 383 g/mol. The molecule has 1 aliphatic heterocycles. The van der Waals surface area contributed by atoms with Crippen LogP contribution >= 0.6 is 0 Å². The first-order valence-electron chi connectivity index (χ1n) is 8.52. The van der Waals surface area contributed by atoms with Crippen molar-refractivity contribution in [2.75, 3.05) is 38.3 Å². The molecule has 9 heteroatoms. The monoisotopic (exact) mass is 383 g/mol. The fourth-order valence-electron chi connectivity index (χ4n) is 4.02. The first-order chi connectivity index (χ1) is 12.2. The van der Waals surface area contributed by atoms with Gasteiger partial charge in [-0.05, 0) is 36.8 Å². The predicted octanol–water partition coefficient (Wildman–Crippen LogP) is 0.885. The van der Waals surface area contributed by atoms with Crippen LogP contribution in [0, 0.1) is 11.8 Å². The van der Waals surface area contributed by atoms with Gasteiger partial charge in [-0.15, -0.1) is 0 Å². The standard InChI is InChI=1S/C17H25N3O5S/c1-24-15-7-11(6-14(16(15)25-2)19-26(3,22)23)17(21)20-8-10-4-5-13(18)12(10)9-20/h6-7,10,12-13,19H,4-5,8-9,18H2,1-3H3. The third-order valence-electron chi connectivity index (χ3n) is 5.22. The summed E-state index contributed by atoms with van der Waals surface area (Å²) in [6.45, 7) is 1.31. The molecular formula is C17H25N3O5S. The molecule has 0 spiro atoms. The number of fused-ring (bicyclic) bond motifs is 1. The lowest BCUT2D eigenvalue weighted by atomic mass is 9.98. The second kappa shape index (κ2) is 6.96. The molecule has 144 valence electrons. The zero-order chi connectivity index (χ0) is 19.1. The number of nitrogens with one attached hydrogen (secondary N) is 1. The van der Waals surface area contributed by atoms with Crippen LogP contribution in [0.25, 0.3) is 0 Å². The van der Waals surface area contributed by atoms with Crippen molar-refractivity contribution in [1.29, 1.82) is 0 Å². The minimum absolute atomic E-state index is 0.144. The summed E-state index contributed by atoms with van der Waals surface area (Å²) in [5.41, 5.74) is 6.67. The van der Waals surface area contributed by atoms with Gasteiger partial charge in [-0.25, -0.2) is 8.42 Å². The summed E-state index contributed by atoms with van der Waals surface area (Å²) >= 11 is 0. The second-order valence-electron chi connectivity index (χ2n) is 7.01. The summed E-state index contributed by atoms with van der Waals surface area (Å²) < 4.78 is 36.2. The maximum absolute atomic E-state index is 13.0. The molecule has 1 saturated carbocycles. The van der Waals surface area contributed by atoms with Gasteiger partial charge in [0.1, 0.15) is 0 Å². The maximum Gasteiger partial charge on any atom is 0.254 e. The molecule has 1 amide bonds. The summed E-state index contributed by atoms with van der Waals surface area (Å²) in [7, 11) is -0.690. The van der Waals surface area contributed by atoms with Crippen LogP contribution in [0.15, 0.2) is 12.1 Å². The molecular weight excluding hydrogens is 358 g/mol. The molecule has 1 heterocycles. The number of rotatable bonds is 5. The number of amides is 1. The topological polar surface area (TPSA) is 111 Å². The first kappa shape index (κ1) is 18.8. The zero-order valence-corrected chi connectivity index (χ0v) is 16.0. The first-order valence-corrected chi connectivity index (χ1v) is 10.4. The van der Waals surface area contributed by atoms with Gasteiger partial charge in [-0.3, -0.25) is 9.52 Å². The molecule has 3 rings (SSSR count). The summed E-state index contributed by atoms with van der Waals surface area (Å²) in [5.74, 6) is 1.15. The molecule has 1 aromatic rings. The van der Waals surface area contributed by atoms with Gasteiger partial charge in [-0.1, -0.05) is 0 Å². The SMILES string of the molecule is COc1cc(C(=O)N2CC3CCC(N)C3C2)cc(NS(C)(=O)=O)c1OC. The number of carbonyl (C=O) groups is 1. The van der Waals surface area contributed by atoms with Crippen molar-refractivity contribution in [3.05, 3.63) is 17.7 Å². The number of benzene rings is 1. The average Bonchev–Trinajstić information content (AvgIpc) is 3.14. The molecule has 26 heavy (non-hydrogen) atoms. The van der Waals surface area contributed by atoms with Crippen molar-refractivity contribution < 1.29 is 22.7 Å². The molecule has 2 fully saturated rings. The van der Waals surface area contributed by atoms with E-state index in [0.717, 1.165) is 19.1 Å². The van der Waals surface area contributed by atoms with Crippen molar-refractivity contribution in [3.63, 3.8) is 0 Å². The zero-order valence-electron chi connectivity index (χ0n) is 15.2. The Balaban J connectivity index is 1.92. The third-order valence-corrected chi connectivity index (χ3v) is 5.81. The van der Waals surface area contributed by atoms with Gasteiger partial charge >= 0.3 is 0 Å². The number of sulfonamides is 1. The van der Waals surface area contributed by atoms with Crippen LogP contribution in [0.5, 0.6) is 11.5 Å². The third kappa shape index (κ3) is 3.59. The van der Waals surface area contributed by atoms with Crippen molar-refractivity contribution in [2.45, 2.75) is 18.9 Å². The van der Waals surface area contributed by atoms with E-state index in [9.17, 15) is 13.2 Å². The number of hydrogen-bond donors (Lipinski definition) is 2. The van der Waals surface area contributed by atoms with Gasteiger partial charge in [0.2, 0.25) is 10.0 Å². The van der Waals surface area contributed by atoms with Gasteiger partial charge < -0.3 is 20.1 Å². The number of carbonyl (C=O) groups excluding carboxylic acids is 1. The molecule has 1 aliphatic carbocycles. The van der Waals surface area contributed by atoms with Crippen molar-refractivity contribution in [2.24, 2.45) is 17.6 Å². The highest BCUT2D eigenvalue weighted by Crippen LogP contribution is 2.40. The number of hydrogen-bond acceptors (Lipinski definition) is 6. The highest BCUT2D eigenvalue weighted by Gasteiger charge is 2.42. The molecule has 3 N–H and O–H groups in total. The lowest BCUT2D eigenvalue weighted by molar-refractivity contribution is 0.0779. The Kier molecular flexibility index (Phi) is 5.03. The Labute approximate surface area is 153 Å². The van der Waals surface area contributed by atoms with E-state index < -0.39 is 10.0 Å². The minimum Gasteiger partial charge on any atom is -0.493 e. The fourth-order valence-corrected chi connectivity index (χ4v) is 4.57. The van der Waals surface area contributed by atoms with Crippen LogP contribution in [-0.4, -0.2) is 58.8 Å². The Morgan fingerprint density at radius 1 is 1.23 bits per heavy atom. The van der Waals surface area contributed by atoms with Crippen LogP contribution in [-0.2, 0) is 10.0 Å². The summed E-state index contributed by atoms with van der Waals surface area (Å²) in [4.78, 5) is 14.8. The van der Waals surface area contributed by atoms with E-state index in [4.69, 9.17) is 15.2 Å². The van der Waals surface area contributed by atoms with E-state index in [1.165, 1.54) is 20.3 Å². The van der Waals surface area contributed by atoms with E-state index >= 15 is 0 Å². The van der Waals surface area contributed by atoms with Crippen LogP contribution in [0.4, 0.5) is 5.69 Å². The van der Waals surface area contributed by atoms with Gasteiger partial charge in [0, 0.05) is 24.7 Å². The van der Waals surface area contributed by atoms with Gasteiger partial charge in [0.25, 0.3) is 5.91 Å². The number of methoxy groups -OCH3 is 2. The molecule has 0 bridgehead atoms. The molecule has 3 unspecified atom stereocenters. The summed E-state index contributed by atoms with van der Waals surface area (Å²) in [5, 5.41) is 0. The minimum atomic E-state index is -3.54. The van der Waals surface area contributed by atoms with Gasteiger partial charge in [-0.2, -0.15) is 0 Å². The van der Waals surface area contributed by atoms with Crippen molar-refractivity contribution in [3.8, 4) is 11.5 Å².